The molecule has 6 heteroatoms. The van der Waals surface area contributed by atoms with E-state index >= 15 is 0 Å². The van der Waals surface area contributed by atoms with E-state index in [9.17, 15) is 14.9 Å². The largest absolute Gasteiger partial charge is 0.457 e. The van der Waals surface area contributed by atoms with Crippen LogP contribution in [0.1, 0.15) is 11.3 Å². The van der Waals surface area contributed by atoms with Gasteiger partial charge in [-0.3, -0.25) is 19.8 Å². The van der Waals surface area contributed by atoms with Crippen molar-refractivity contribution in [2.75, 3.05) is 4.90 Å². The number of carbonyl (C=O) groups is 1. The van der Waals surface area contributed by atoms with E-state index in [4.69, 9.17) is 4.42 Å². The second-order valence-corrected chi connectivity index (χ2v) is 7.06. The minimum absolute atomic E-state index is 0.0202. The second kappa shape index (κ2) is 7.42. The van der Waals surface area contributed by atoms with E-state index in [-0.39, 0.29) is 11.6 Å². The van der Waals surface area contributed by atoms with E-state index in [0.717, 1.165) is 22.5 Å². The van der Waals surface area contributed by atoms with Crippen LogP contribution in [0.3, 0.4) is 0 Å². The number of benzene rings is 3. The molecule has 0 bridgehead atoms. The van der Waals surface area contributed by atoms with Crippen molar-refractivity contribution < 1.29 is 14.1 Å². The molecule has 0 unspecified atom stereocenters. The number of carbonyl (C=O) groups excluding carboxylic acids is 1. The highest BCUT2D eigenvalue weighted by Crippen LogP contribution is 2.42. The predicted octanol–water partition coefficient (Wildman–Crippen LogP) is 6.07. The van der Waals surface area contributed by atoms with E-state index in [1.54, 1.807) is 35.2 Å². The highest BCUT2D eigenvalue weighted by atomic mass is 16.6. The maximum absolute atomic E-state index is 13.3. The van der Waals surface area contributed by atoms with Crippen LogP contribution >= 0.6 is 0 Å². The van der Waals surface area contributed by atoms with Crippen LogP contribution in [0, 0.1) is 10.1 Å². The SMILES string of the molecule is O=C1/C(=C\c2ccc(-c3ccc([N+](=O)[O-])cc3)o2)c2ccccc2N1c1ccccc1. The molecule has 31 heavy (non-hydrogen) atoms. The maximum atomic E-state index is 13.3. The third-order valence-electron chi connectivity index (χ3n) is 5.16. The van der Waals surface area contributed by atoms with Crippen LogP contribution in [0.5, 0.6) is 0 Å². The summed E-state index contributed by atoms with van der Waals surface area (Å²) in [4.78, 5) is 25.4. The first-order valence-electron chi connectivity index (χ1n) is 9.67. The summed E-state index contributed by atoms with van der Waals surface area (Å²) in [5, 5.41) is 10.8. The van der Waals surface area contributed by atoms with Crippen molar-refractivity contribution in [3.05, 3.63) is 112 Å². The minimum atomic E-state index is -0.441. The normalized spacial score (nSPS) is 14.1. The Morgan fingerprint density at radius 2 is 1.55 bits per heavy atom. The smallest absolute Gasteiger partial charge is 0.269 e. The highest BCUT2D eigenvalue weighted by Gasteiger charge is 2.33. The van der Waals surface area contributed by atoms with Crippen LogP contribution in [0.2, 0.25) is 0 Å². The standard InChI is InChI=1S/C25H16N2O4/c28-25-22(21-8-4-5-9-23(21)26(25)18-6-2-1-3-7-18)16-20-14-15-24(31-20)17-10-12-19(13-11-17)27(29)30/h1-16H/b22-16-. The van der Waals surface area contributed by atoms with Crippen LogP contribution in [0.4, 0.5) is 17.1 Å². The van der Waals surface area contributed by atoms with Gasteiger partial charge in [0.2, 0.25) is 0 Å². The Morgan fingerprint density at radius 1 is 0.839 bits per heavy atom. The van der Waals surface area contributed by atoms with Gasteiger partial charge in [-0.1, -0.05) is 36.4 Å². The molecule has 3 aromatic carbocycles. The first-order chi connectivity index (χ1) is 15.1. The Hall–Kier alpha value is -4.45. The zero-order valence-corrected chi connectivity index (χ0v) is 16.3. The summed E-state index contributed by atoms with van der Waals surface area (Å²) in [7, 11) is 0. The molecule has 5 rings (SSSR count). The number of nitro groups is 1. The lowest BCUT2D eigenvalue weighted by Gasteiger charge is -2.16. The van der Waals surface area contributed by atoms with Gasteiger partial charge in [-0.15, -0.1) is 0 Å². The molecule has 1 aromatic heterocycles. The molecule has 0 saturated carbocycles. The van der Waals surface area contributed by atoms with Crippen molar-refractivity contribution in [1.29, 1.82) is 0 Å². The molecule has 0 aliphatic carbocycles. The molecule has 1 aliphatic heterocycles. The number of para-hydroxylation sites is 2. The third-order valence-corrected chi connectivity index (χ3v) is 5.16. The van der Waals surface area contributed by atoms with Crippen molar-refractivity contribution in [3.63, 3.8) is 0 Å². The van der Waals surface area contributed by atoms with Crippen LogP contribution in [-0.2, 0) is 4.79 Å². The van der Waals surface area contributed by atoms with Gasteiger partial charge < -0.3 is 4.42 Å². The van der Waals surface area contributed by atoms with Crippen LogP contribution in [0.25, 0.3) is 23.0 Å². The monoisotopic (exact) mass is 408 g/mol. The Kier molecular flexibility index (Phi) is 4.45. The average Bonchev–Trinajstić information content (AvgIpc) is 3.38. The van der Waals surface area contributed by atoms with Gasteiger partial charge in [0.15, 0.2) is 0 Å². The summed E-state index contributed by atoms with van der Waals surface area (Å²) < 4.78 is 5.92. The van der Waals surface area contributed by atoms with Gasteiger partial charge in [0, 0.05) is 28.9 Å². The summed E-state index contributed by atoms with van der Waals surface area (Å²) in [6.45, 7) is 0. The lowest BCUT2D eigenvalue weighted by atomic mass is 10.1. The van der Waals surface area contributed by atoms with Crippen LogP contribution in [-0.4, -0.2) is 10.8 Å². The maximum Gasteiger partial charge on any atom is 0.269 e. The highest BCUT2D eigenvalue weighted by molar-refractivity contribution is 6.37. The zero-order chi connectivity index (χ0) is 21.4. The number of anilines is 2. The van der Waals surface area contributed by atoms with Crippen molar-refractivity contribution in [3.8, 4) is 11.3 Å². The Labute approximate surface area is 177 Å². The summed E-state index contributed by atoms with van der Waals surface area (Å²) in [5.41, 5.74) is 3.75. The molecule has 1 amide bonds. The number of furan rings is 1. The fourth-order valence-electron chi connectivity index (χ4n) is 3.69. The second-order valence-electron chi connectivity index (χ2n) is 7.06. The van der Waals surface area contributed by atoms with Gasteiger partial charge in [-0.05, 0) is 48.5 Å². The molecule has 0 spiro atoms. The van der Waals surface area contributed by atoms with Gasteiger partial charge in [-0.2, -0.15) is 0 Å². The topological polar surface area (TPSA) is 76.6 Å². The zero-order valence-electron chi connectivity index (χ0n) is 16.3. The van der Waals surface area contributed by atoms with Crippen LogP contribution < -0.4 is 4.90 Å². The minimum Gasteiger partial charge on any atom is -0.457 e. The summed E-state index contributed by atoms with van der Waals surface area (Å²) in [6, 6.07) is 26.9. The van der Waals surface area contributed by atoms with E-state index in [1.807, 2.05) is 54.6 Å². The molecule has 0 fully saturated rings. The summed E-state index contributed by atoms with van der Waals surface area (Å²) in [5.74, 6) is 0.975. The number of nitrogens with zero attached hydrogens (tertiary/aromatic N) is 2. The molecule has 4 aromatic rings. The number of nitro benzene ring substituents is 1. The van der Waals surface area contributed by atoms with Gasteiger partial charge in [0.25, 0.3) is 11.6 Å². The number of fused-ring (bicyclic) bond motifs is 1. The molecule has 1 aliphatic rings. The molecule has 150 valence electrons. The molecule has 0 radical (unpaired) electrons. The van der Waals surface area contributed by atoms with Gasteiger partial charge >= 0.3 is 0 Å². The Balaban J connectivity index is 1.51. The molecule has 2 heterocycles. The number of amides is 1. The lowest BCUT2D eigenvalue weighted by molar-refractivity contribution is -0.384. The predicted molar refractivity (Wildman–Crippen MR) is 119 cm³/mol. The van der Waals surface area contributed by atoms with Gasteiger partial charge in [0.1, 0.15) is 11.5 Å². The number of hydrogen-bond acceptors (Lipinski definition) is 4. The van der Waals surface area contributed by atoms with Gasteiger partial charge in [0.05, 0.1) is 16.2 Å². The van der Waals surface area contributed by atoms with E-state index in [2.05, 4.69) is 0 Å². The lowest BCUT2D eigenvalue weighted by Crippen LogP contribution is -2.20. The quantitative estimate of drug-likeness (QED) is 0.233. The molecule has 0 atom stereocenters. The number of non-ortho nitro benzene ring substituents is 1. The fraction of sp³-hybridized carbons (Fsp3) is 0. The summed E-state index contributed by atoms with van der Waals surface area (Å²) >= 11 is 0. The van der Waals surface area contributed by atoms with Gasteiger partial charge in [-0.25, -0.2) is 0 Å². The number of rotatable bonds is 4. The van der Waals surface area contributed by atoms with Crippen molar-refractivity contribution in [2.45, 2.75) is 0 Å². The Morgan fingerprint density at radius 3 is 2.29 bits per heavy atom. The van der Waals surface area contributed by atoms with Crippen LogP contribution in [0.15, 0.2) is 95.4 Å². The average molecular weight is 408 g/mol. The van der Waals surface area contributed by atoms with Crippen molar-refractivity contribution in [1.82, 2.24) is 0 Å². The van der Waals surface area contributed by atoms with E-state index < -0.39 is 4.92 Å². The van der Waals surface area contributed by atoms with Crippen molar-refractivity contribution >= 4 is 34.6 Å². The summed E-state index contributed by atoms with van der Waals surface area (Å²) in [6.07, 6.45) is 1.74. The number of hydrogen-bond donors (Lipinski definition) is 0. The van der Waals surface area contributed by atoms with E-state index in [1.165, 1.54) is 12.1 Å². The molecular formula is C25H16N2O4. The molecular weight excluding hydrogens is 392 g/mol. The first-order valence-corrected chi connectivity index (χ1v) is 9.67. The molecule has 6 nitrogen and oxygen atoms in total. The Bertz CT molecular complexity index is 1320. The molecule has 0 saturated heterocycles. The molecule has 0 N–H and O–H groups in total. The first kappa shape index (κ1) is 18.6. The van der Waals surface area contributed by atoms with Crippen molar-refractivity contribution in [2.24, 2.45) is 0 Å². The van der Waals surface area contributed by atoms with E-state index in [0.29, 0.717) is 17.1 Å². The third kappa shape index (κ3) is 3.30. The fourth-order valence-corrected chi connectivity index (χ4v) is 3.69.